The third-order valence-corrected chi connectivity index (χ3v) is 4.13. The Bertz CT molecular complexity index is 449. The van der Waals surface area contributed by atoms with Gasteiger partial charge in [0.15, 0.2) is 0 Å². The zero-order valence-corrected chi connectivity index (χ0v) is 14.1. The van der Waals surface area contributed by atoms with E-state index in [0.29, 0.717) is 12.1 Å². The molecule has 1 aromatic rings. The first-order valence-electron chi connectivity index (χ1n) is 8.15. The topological polar surface area (TPSA) is 42.3 Å². The summed E-state index contributed by atoms with van der Waals surface area (Å²) < 4.78 is 7.82. The molecule has 0 amide bonds. The lowest BCUT2D eigenvalue weighted by Crippen LogP contribution is -2.34. The highest BCUT2D eigenvalue weighted by molar-refractivity contribution is 5.50. The van der Waals surface area contributed by atoms with Crippen molar-refractivity contribution in [2.24, 2.45) is 7.05 Å². The van der Waals surface area contributed by atoms with Crippen molar-refractivity contribution in [1.82, 2.24) is 15.1 Å². The Kier molecular flexibility index (Phi) is 5.65. The van der Waals surface area contributed by atoms with Gasteiger partial charge in [0, 0.05) is 44.9 Å². The molecular weight excluding hydrogens is 264 g/mol. The monoisotopic (exact) mass is 294 g/mol. The van der Waals surface area contributed by atoms with Gasteiger partial charge in [-0.3, -0.25) is 4.68 Å². The lowest BCUT2D eigenvalue weighted by molar-refractivity contribution is 0.115. The zero-order valence-electron chi connectivity index (χ0n) is 14.1. The first kappa shape index (κ1) is 16.3. The van der Waals surface area contributed by atoms with Crippen LogP contribution in [0, 0.1) is 6.92 Å². The van der Waals surface area contributed by atoms with E-state index >= 15 is 0 Å². The second-order valence-electron chi connectivity index (χ2n) is 6.22. The van der Waals surface area contributed by atoms with Crippen molar-refractivity contribution in [3.05, 3.63) is 11.3 Å². The average Bonchev–Trinajstić information content (AvgIpc) is 3.02. The number of nitrogens with one attached hydrogen (secondary N) is 1. The van der Waals surface area contributed by atoms with E-state index in [9.17, 15) is 0 Å². The summed E-state index contributed by atoms with van der Waals surface area (Å²) in [6, 6.07) is 0.477. The summed E-state index contributed by atoms with van der Waals surface area (Å²) in [5.41, 5.74) is 2.43. The van der Waals surface area contributed by atoms with Gasteiger partial charge >= 0.3 is 0 Å². The molecule has 0 aromatic carbocycles. The van der Waals surface area contributed by atoms with Crippen LogP contribution in [0.2, 0.25) is 0 Å². The Balaban J connectivity index is 2.17. The number of hydrogen-bond acceptors (Lipinski definition) is 4. The van der Waals surface area contributed by atoms with Gasteiger partial charge in [0.2, 0.25) is 0 Å². The molecule has 5 heteroatoms. The molecule has 21 heavy (non-hydrogen) atoms. The van der Waals surface area contributed by atoms with Gasteiger partial charge in [0.05, 0.1) is 11.8 Å². The van der Waals surface area contributed by atoms with Crippen LogP contribution in [-0.4, -0.2) is 41.6 Å². The quantitative estimate of drug-likeness (QED) is 0.837. The number of nitrogens with zero attached hydrogens (tertiary/aromatic N) is 3. The predicted octanol–water partition coefficient (Wildman–Crippen LogP) is 2.23. The van der Waals surface area contributed by atoms with E-state index in [1.54, 1.807) is 0 Å². The summed E-state index contributed by atoms with van der Waals surface area (Å²) >= 11 is 0. The Labute approximate surface area is 128 Å². The van der Waals surface area contributed by atoms with Gasteiger partial charge in [-0.2, -0.15) is 5.10 Å². The van der Waals surface area contributed by atoms with Crippen LogP contribution in [0.3, 0.4) is 0 Å². The SMILES string of the molecule is CCN(CC1CCCO1)c1c(CNC(C)C)c(C)nn1C. The normalized spacial score (nSPS) is 18.7. The molecule has 0 aliphatic carbocycles. The lowest BCUT2D eigenvalue weighted by Gasteiger charge is -2.27. The third kappa shape index (κ3) is 3.98. The predicted molar refractivity (Wildman–Crippen MR) is 86.8 cm³/mol. The van der Waals surface area contributed by atoms with E-state index in [4.69, 9.17) is 4.74 Å². The van der Waals surface area contributed by atoms with Crippen LogP contribution in [0.5, 0.6) is 0 Å². The minimum Gasteiger partial charge on any atom is -0.376 e. The highest BCUT2D eigenvalue weighted by atomic mass is 16.5. The Morgan fingerprint density at radius 3 is 2.81 bits per heavy atom. The van der Waals surface area contributed by atoms with Gasteiger partial charge < -0.3 is 15.0 Å². The van der Waals surface area contributed by atoms with E-state index in [1.807, 2.05) is 11.7 Å². The van der Waals surface area contributed by atoms with Crippen molar-refractivity contribution in [1.29, 1.82) is 0 Å². The van der Waals surface area contributed by atoms with Crippen LogP contribution in [0.25, 0.3) is 0 Å². The van der Waals surface area contributed by atoms with Crippen LogP contribution in [0.15, 0.2) is 0 Å². The van der Waals surface area contributed by atoms with Crippen molar-refractivity contribution in [3.63, 3.8) is 0 Å². The van der Waals surface area contributed by atoms with Crippen LogP contribution in [0.1, 0.15) is 44.9 Å². The second-order valence-corrected chi connectivity index (χ2v) is 6.22. The molecule has 2 rings (SSSR count). The zero-order chi connectivity index (χ0) is 15.4. The summed E-state index contributed by atoms with van der Waals surface area (Å²) in [7, 11) is 2.04. The summed E-state index contributed by atoms with van der Waals surface area (Å²) in [6.07, 6.45) is 2.73. The molecule has 1 aliphatic heterocycles. The van der Waals surface area contributed by atoms with E-state index in [2.05, 4.69) is 43.0 Å². The fourth-order valence-electron chi connectivity index (χ4n) is 3.00. The maximum atomic E-state index is 5.80. The van der Waals surface area contributed by atoms with Crippen LogP contribution in [-0.2, 0) is 18.3 Å². The van der Waals surface area contributed by atoms with Crippen LogP contribution >= 0.6 is 0 Å². The Morgan fingerprint density at radius 2 is 2.24 bits per heavy atom. The van der Waals surface area contributed by atoms with Gasteiger partial charge in [0.25, 0.3) is 0 Å². The Morgan fingerprint density at radius 1 is 1.48 bits per heavy atom. The fraction of sp³-hybridized carbons (Fsp3) is 0.812. The highest BCUT2D eigenvalue weighted by Crippen LogP contribution is 2.25. The molecule has 0 radical (unpaired) electrons. The van der Waals surface area contributed by atoms with Gasteiger partial charge in [-0.15, -0.1) is 0 Å². The molecular formula is C16H30N4O. The largest absolute Gasteiger partial charge is 0.376 e. The number of hydrogen-bond donors (Lipinski definition) is 1. The fourth-order valence-corrected chi connectivity index (χ4v) is 3.00. The molecule has 5 nitrogen and oxygen atoms in total. The number of aryl methyl sites for hydroxylation is 2. The molecule has 1 unspecified atom stereocenters. The third-order valence-electron chi connectivity index (χ3n) is 4.13. The number of likely N-dealkylation sites (N-methyl/N-ethyl adjacent to an activating group) is 1. The maximum Gasteiger partial charge on any atom is 0.131 e. The standard InChI is InChI=1S/C16H30N4O/c1-6-20(11-14-8-7-9-21-14)16-15(10-17-12(2)3)13(4)18-19(16)5/h12,14,17H,6-11H2,1-5H3. The van der Waals surface area contributed by atoms with Gasteiger partial charge in [0.1, 0.15) is 5.82 Å². The first-order chi connectivity index (χ1) is 10.0. The second kappa shape index (κ2) is 7.27. The smallest absolute Gasteiger partial charge is 0.131 e. The summed E-state index contributed by atoms with van der Waals surface area (Å²) in [4.78, 5) is 2.41. The molecule has 0 spiro atoms. The average molecular weight is 294 g/mol. The number of anilines is 1. The number of aromatic nitrogens is 2. The molecule has 1 atom stereocenters. The molecule has 1 N–H and O–H groups in total. The molecule has 120 valence electrons. The van der Waals surface area contributed by atoms with Crippen molar-refractivity contribution >= 4 is 5.82 Å². The van der Waals surface area contributed by atoms with Crippen molar-refractivity contribution in [2.75, 3.05) is 24.6 Å². The van der Waals surface area contributed by atoms with Gasteiger partial charge in [-0.05, 0) is 26.7 Å². The minimum absolute atomic E-state index is 0.367. The lowest BCUT2D eigenvalue weighted by atomic mass is 10.2. The minimum atomic E-state index is 0.367. The summed E-state index contributed by atoms with van der Waals surface area (Å²) in [6.45, 7) is 12.4. The van der Waals surface area contributed by atoms with E-state index in [0.717, 1.165) is 31.9 Å². The molecule has 0 saturated carbocycles. The molecule has 2 heterocycles. The van der Waals surface area contributed by atoms with Crippen molar-refractivity contribution in [3.8, 4) is 0 Å². The number of rotatable bonds is 7. The number of ether oxygens (including phenoxy) is 1. The van der Waals surface area contributed by atoms with Crippen LogP contribution < -0.4 is 10.2 Å². The van der Waals surface area contributed by atoms with E-state index in [-0.39, 0.29) is 0 Å². The molecule has 1 aliphatic rings. The molecule has 1 saturated heterocycles. The molecule has 1 fully saturated rings. The van der Waals surface area contributed by atoms with E-state index in [1.165, 1.54) is 24.2 Å². The van der Waals surface area contributed by atoms with E-state index < -0.39 is 0 Å². The van der Waals surface area contributed by atoms with Crippen LogP contribution in [0.4, 0.5) is 5.82 Å². The van der Waals surface area contributed by atoms with Gasteiger partial charge in [-0.1, -0.05) is 13.8 Å². The van der Waals surface area contributed by atoms with Crippen molar-refractivity contribution in [2.45, 2.75) is 59.2 Å². The summed E-state index contributed by atoms with van der Waals surface area (Å²) in [5, 5.41) is 8.14. The first-order valence-corrected chi connectivity index (χ1v) is 8.15. The van der Waals surface area contributed by atoms with Crippen molar-refractivity contribution < 1.29 is 4.74 Å². The van der Waals surface area contributed by atoms with Gasteiger partial charge in [-0.25, -0.2) is 0 Å². The molecule has 0 bridgehead atoms. The summed E-state index contributed by atoms with van der Waals surface area (Å²) in [5.74, 6) is 1.23. The molecule has 1 aromatic heterocycles. The maximum absolute atomic E-state index is 5.80. The highest BCUT2D eigenvalue weighted by Gasteiger charge is 2.23. The Hall–Kier alpha value is -1.07.